The molecule has 0 unspecified atom stereocenters. The molecule has 1 aliphatic rings. The Labute approximate surface area is 118 Å². The number of methoxy groups -OCH3 is 1. The van der Waals surface area contributed by atoms with Crippen LogP contribution in [0.2, 0.25) is 0 Å². The van der Waals surface area contributed by atoms with E-state index in [1.165, 1.54) is 5.56 Å². The molecule has 2 aromatic rings. The molecule has 20 heavy (non-hydrogen) atoms. The van der Waals surface area contributed by atoms with E-state index in [0.29, 0.717) is 11.4 Å². The molecule has 0 saturated heterocycles. The molecule has 1 aromatic carbocycles. The van der Waals surface area contributed by atoms with Crippen molar-refractivity contribution in [2.45, 2.75) is 13.0 Å². The van der Waals surface area contributed by atoms with E-state index in [2.05, 4.69) is 28.1 Å². The summed E-state index contributed by atoms with van der Waals surface area (Å²) in [7, 11) is 1.55. The van der Waals surface area contributed by atoms with Gasteiger partial charge >= 0.3 is 0 Å². The van der Waals surface area contributed by atoms with Crippen molar-refractivity contribution in [3.05, 3.63) is 53.2 Å². The standard InChI is InChI=1S/C16H15N3O/c1-20-16-14(9-17)15-13(10-18-16)7-8-19(15)11-12-5-3-2-4-6-12/h2-6,10H,7-8,11H2,1H3. The fraction of sp³-hybridized carbons (Fsp3) is 0.250. The van der Waals surface area contributed by atoms with Crippen LogP contribution in [0.3, 0.4) is 0 Å². The number of nitriles is 1. The van der Waals surface area contributed by atoms with Gasteiger partial charge in [0, 0.05) is 19.3 Å². The van der Waals surface area contributed by atoms with Crippen LogP contribution in [0, 0.1) is 11.3 Å². The van der Waals surface area contributed by atoms with Crippen molar-refractivity contribution in [2.75, 3.05) is 18.6 Å². The SMILES string of the molecule is COc1ncc2c(c1C#N)N(Cc1ccccc1)CC2. The van der Waals surface area contributed by atoms with Gasteiger partial charge in [0.1, 0.15) is 11.6 Å². The van der Waals surface area contributed by atoms with E-state index in [-0.39, 0.29) is 0 Å². The van der Waals surface area contributed by atoms with Gasteiger partial charge in [0.25, 0.3) is 0 Å². The Bertz CT molecular complexity index is 661. The number of hydrogen-bond acceptors (Lipinski definition) is 4. The van der Waals surface area contributed by atoms with Gasteiger partial charge in [-0.15, -0.1) is 0 Å². The summed E-state index contributed by atoms with van der Waals surface area (Å²) in [5.74, 6) is 0.409. The van der Waals surface area contributed by atoms with Crippen LogP contribution >= 0.6 is 0 Å². The third kappa shape index (κ3) is 2.08. The van der Waals surface area contributed by atoms with E-state index in [0.717, 1.165) is 30.8 Å². The lowest BCUT2D eigenvalue weighted by Gasteiger charge is -2.21. The monoisotopic (exact) mass is 265 g/mol. The molecule has 4 nitrogen and oxygen atoms in total. The van der Waals surface area contributed by atoms with Crippen LogP contribution in [0.15, 0.2) is 36.5 Å². The van der Waals surface area contributed by atoms with Gasteiger partial charge in [0.05, 0.1) is 12.8 Å². The van der Waals surface area contributed by atoms with Crippen molar-refractivity contribution in [1.82, 2.24) is 4.98 Å². The van der Waals surface area contributed by atoms with Gasteiger partial charge in [-0.05, 0) is 17.5 Å². The lowest BCUT2D eigenvalue weighted by Crippen LogP contribution is -2.20. The summed E-state index contributed by atoms with van der Waals surface area (Å²) in [4.78, 5) is 6.44. The maximum atomic E-state index is 9.40. The van der Waals surface area contributed by atoms with E-state index in [4.69, 9.17) is 4.74 Å². The Morgan fingerprint density at radius 3 is 2.85 bits per heavy atom. The molecule has 0 spiro atoms. The Hall–Kier alpha value is -2.54. The number of fused-ring (bicyclic) bond motifs is 1. The number of anilines is 1. The van der Waals surface area contributed by atoms with Gasteiger partial charge < -0.3 is 9.64 Å². The fourth-order valence-corrected chi connectivity index (χ4v) is 2.65. The third-order valence-corrected chi connectivity index (χ3v) is 3.58. The zero-order chi connectivity index (χ0) is 13.9. The summed E-state index contributed by atoms with van der Waals surface area (Å²) in [6.45, 7) is 1.71. The number of ether oxygens (including phenoxy) is 1. The van der Waals surface area contributed by atoms with Crippen molar-refractivity contribution in [1.29, 1.82) is 5.26 Å². The van der Waals surface area contributed by atoms with Crippen molar-refractivity contribution in [3.8, 4) is 11.9 Å². The summed E-state index contributed by atoms with van der Waals surface area (Å²) >= 11 is 0. The first-order valence-corrected chi connectivity index (χ1v) is 6.58. The summed E-state index contributed by atoms with van der Waals surface area (Å²) in [6, 6.07) is 12.5. The Balaban J connectivity index is 1.99. The predicted molar refractivity (Wildman–Crippen MR) is 76.7 cm³/mol. The molecule has 0 atom stereocenters. The van der Waals surface area contributed by atoms with Crippen LogP contribution in [0.25, 0.3) is 0 Å². The smallest absolute Gasteiger partial charge is 0.233 e. The summed E-state index contributed by atoms with van der Waals surface area (Å²) < 4.78 is 5.20. The Kier molecular flexibility index (Phi) is 3.26. The van der Waals surface area contributed by atoms with E-state index in [1.807, 2.05) is 24.4 Å². The second-order valence-electron chi connectivity index (χ2n) is 4.79. The van der Waals surface area contributed by atoms with E-state index < -0.39 is 0 Å². The molecule has 100 valence electrons. The molecule has 0 bridgehead atoms. The second kappa shape index (κ2) is 5.22. The summed E-state index contributed by atoms with van der Waals surface area (Å²) in [6.07, 6.45) is 2.74. The lowest BCUT2D eigenvalue weighted by atomic mass is 10.1. The quantitative estimate of drug-likeness (QED) is 0.855. The van der Waals surface area contributed by atoms with E-state index in [9.17, 15) is 5.26 Å². The van der Waals surface area contributed by atoms with Crippen LogP contribution in [0.4, 0.5) is 5.69 Å². The van der Waals surface area contributed by atoms with Crippen LogP contribution in [-0.2, 0) is 13.0 Å². The molecule has 4 heteroatoms. The van der Waals surface area contributed by atoms with E-state index in [1.54, 1.807) is 7.11 Å². The predicted octanol–water partition coefficient (Wildman–Crippen LogP) is 2.52. The van der Waals surface area contributed by atoms with Gasteiger partial charge in [-0.1, -0.05) is 30.3 Å². The molecule has 1 aromatic heterocycles. The molecule has 0 aliphatic carbocycles. The Morgan fingerprint density at radius 1 is 1.35 bits per heavy atom. The molecule has 0 N–H and O–H groups in total. The highest BCUT2D eigenvalue weighted by molar-refractivity contribution is 5.69. The highest BCUT2D eigenvalue weighted by Gasteiger charge is 2.26. The molecule has 2 heterocycles. The first-order chi connectivity index (χ1) is 9.83. The average molecular weight is 265 g/mol. The van der Waals surface area contributed by atoms with Gasteiger partial charge in [0.2, 0.25) is 5.88 Å². The highest BCUT2D eigenvalue weighted by Crippen LogP contribution is 2.36. The van der Waals surface area contributed by atoms with Gasteiger partial charge in [-0.2, -0.15) is 5.26 Å². The maximum absolute atomic E-state index is 9.40. The molecule has 3 rings (SSSR count). The lowest BCUT2D eigenvalue weighted by molar-refractivity contribution is 0.396. The summed E-state index contributed by atoms with van der Waals surface area (Å²) in [5, 5.41) is 9.40. The minimum Gasteiger partial charge on any atom is -0.480 e. The van der Waals surface area contributed by atoms with Crippen molar-refractivity contribution < 1.29 is 4.74 Å². The number of rotatable bonds is 3. The number of hydrogen-bond donors (Lipinski definition) is 0. The molecule has 1 aliphatic heterocycles. The normalized spacial score (nSPS) is 12.9. The number of benzene rings is 1. The fourth-order valence-electron chi connectivity index (χ4n) is 2.65. The zero-order valence-electron chi connectivity index (χ0n) is 11.3. The molecular weight excluding hydrogens is 250 g/mol. The minimum absolute atomic E-state index is 0.409. The number of pyridine rings is 1. The Morgan fingerprint density at radius 2 is 2.15 bits per heavy atom. The largest absolute Gasteiger partial charge is 0.480 e. The first-order valence-electron chi connectivity index (χ1n) is 6.58. The molecule has 0 saturated carbocycles. The summed E-state index contributed by atoms with van der Waals surface area (Å²) in [5.41, 5.74) is 3.87. The topological polar surface area (TPSA) is 49.1 Å². The van der Waals surface area contributed by atoms with Crippen molar-refractivity contribution in [3.63, 3.8) is 0 Å². The van der Waals surface area contributed by atoms with Gasteiger partial charge in [-0.25, -0.2) is 4.98 Å². The third-order valence-electron chi connectivity index (χ3n) is 3.58. The van der Waals surface area contributed by atoms with E-state index >= 15 is 0 Å². The van der Waals surface area contributed by atoms with Crippen LogP contribution < -0.4 is 9.64 Å². The molecular formula is C16H15N3O. The van der Waals surface area contributed by atoms with Crippen LogP contribution in [0.1, 0.15) is 16.7 Å². The number of nitrogens with zero attached hydrogens (tertiary/aromatic N) is 3. The first kappa shape index (κ1) is 12.5. The highest BCUT2D eigenvalue weighted by atomic mass is 16.5. The molecule has 0 fully saturated rings. The van der Waals surface area contributed by atoms with Crippen LogP contribution in [-0.4, -0.2) is 18.6 Å². The molecule has 0 radical (unpaired) electrons. The zero-order valence-corrected chi connectivity index (χ0v) is 11.3. The number of aromatic nitrogens is 1. The second-order valence-corrected chi connectivity index (χ2v) is 4.79. The minimum atomic E-state index is 0.409. The van der Waals surface area contributed by atoms with Crippen molar-refractivity contribution >= 4 is 5.69 Å². The molecule has 0 amide bonds. The van der Waals surface area contributed by atoms with Gasteiger partial charge in [0.15, 0.2) is 0 Å². The van der Waals surface area contributed by atoms with Gasteiger partial charge in [-0.3, -0.25) is 0 Å². The maximum Gasteiger partial charge on any atom is 0.233 e. The average Bonchev–Trinajstić information content (AvgIpc) is 2.90. The van der Waals surface area contributed by atoms with Crippen LogP contribution in [0.5, 0.6) is 5.88 Å². The van der Waals surface area contributed by atoms with Crippen molar-refractivity contribution in [2.24, 2.45) is 0 Å².